The van der Waals surface area contributed by atoms with Crippen LogP contribution in [0.4, 0.5) is 0 Å². The largest absolute Gasteiger partial charge is 0.381 e. The van der Waals surface area contributed by atoms with Crippen LogP contribution in [0, 0.1) is 11.3 Å². The van der Waals surface area contributed by atoms with Crippen LogP contribution in [-0.2, 0) is 14.6 Å². The van der Waals surface area contributed by atoms with Crippen LogP contribution in [0.5, 0.6) is 0 Å². The second-order valence-electron chi connectivity index (χ2n) is 4.40. The van der Waals surface area contributed by atoms with Crippen molar-refractivity contribution in [2.24, 2.45) is 11.3 Å². The van der Waals surface area contributed by atoms with E-state index in [4.69, 9.17) is 16.3 Å². The van der Waals surface area contributed by atoms with Crippen molar-refractivity contribution in [3.63, 3.8) is 0 Å². The van der Waals surface area contributed by atoms with Gasteiger partial charge in [-0.3, -0.25) is 0 Å². The quantitative estimate of drug-likeness (QED) is 0.676. The van der Waals surface area contributed by atoms with Crippen molar-refractivity contribution in [2.75, 3.05) is 30.6 Å². The van der Waals surface area contributed by atoms with E-state index in [1.54, 1.807) is 0 Å². The zero-order chi connectivity index (χ0) is 10.2. The SMILES string of the molecule is O=S1(=O)CCC(C2(CCl)CCOC2)C1. The fourth-order valence-corrected chi connectivity index (χ4v) is 4.81. The number of rotatable bonds is 2. The summed E-state index contributed by atoms with van der Waals surface area (Å²) in [6.45, 7) is 1.36. The van der Waals surface area contributed by atoms with Crippen LogP contribution in [-0.4, -0.2) is 39.0 Å². The Hall–Kier alpha value is 0.200. The van der Waals surface area contributed by atoms with Gasteiger partial charge in [-0.1, -0.05) is 0 Å². The Morgan fingerprint density at radius 2 is 2.29 bits per heavy atom. The maximum Gasteiger partial charge on any atom is 0.150 e. The highest BCUT2D eigenvalue weighted by Gasteiger charge is 2.46. The molecule has 2 rings (SSSR count). The van der Waals surface area contributed by atoms with E-state index in [1.807, 2.05) is 0 Å². The molecule has 5 heteroatoms. The third kappa shape index (κ3) is 1.79. The van der Waals surface area contributed by atoms with E-state index in [1.165, 1.54) is 0 Å². The molecular formula is C9H15ClO3S. The summed E-state index contributed by atoms with van der Waals surface area (Å²) in [6.07, 6.45) is 1.68. The van der Waals surface area contributed by atoms with Crippen molar-refractivity contribution in [1.29, 1.82) is 0 Å². The van der Waals surface area contributed by atoms with Gasteiger partial charge in [-0.15, -0.1) is 11.6 Å². The smallest absolute Gasteiger partial charge is 0.150 e. The van der Waals surface area contributed by atoms with Gasteiger partial charge in [0, 0.05) is 17.9 Å². The minimum absolute atomic E-state index is 0.0644. The summed E-state index contributed by atoms with van der Waals surface area (Å²) >= 11 is 5.96. The molecule has 0 saturated carbocycles. The molecule has 82 valence electrons. The number of hydrogen-bond acceptors (Lipinski definition) is 3. The van der Waals surface area contributed by atoms with Crippen LogP contribution in [0.1, 0.15) is 12.8 Å². The van der Waals surface area contributed by atoms with E-state index in [0.29, 0.717) is 24.0 Å². The average Bonchev–Trinajstić information content (AvgIpc) is 2.72. The Bertz CT molecular complexity index is 306. The first-order valence-electron chi connectivity index (χ1n) is 4.92. The molecule has 2 aliphatic rings. The first kappa shape index (κ1) is 10.7. The molecule has 0 spiro atoms. The summed E-state index contributed by atoms with van der Waals surface area (Å²) in [5.41, 5.74) is -0.0644. The molecule has 14 heavy (non-hydrogen) atoms. The van der Waals surface area contributed by atoms with Crippen molar-refractivity contribution >= 4 is 21.4 Å². The summed E-state index contributed by atoms with van der Waals surface area (Å²) in [5.74, 6) is 1.37. The Balaban J connectivity index is 2.14. The van der Waals surface area contributed by atoms with Crippen molar-refractivity contribution in [3.8, 4) is 0 Å². The Kier molecular flexibility index (Phi) is 2.79. The van der Waals surface area contributed by atoms with E-state index in [9.17, 15) is 8.42 Å². The molecule has 0 radical (unpaired) electrons. The zero-order valence-corrected chi connectivity index (χ0v) is 9.61. The van der Waals surface area contributed by atoms with Crippen LogP contribution in [0.25, 0.3) is 0 Å². The molecule has 0 aliphatic carbocycles. The van der Waals surface area contributed by atoms with Crippen molar-refractivity contribution in [1.82, 2.24) is 0 Å². The number of alkyl halides is 1. The van der Waals surface area contributed by atoms with Gasteiger partial charge in [0.25, 0.3) is 0 Å². The molecule has 2 fully saturated rings. The lowest BCUT2D eigenvalue weighted by molar-refractivity contribution is 0.131. The normalized spacial score (nSPS) is 41.6. The second-order valence-corrected chi connectivity index (χ2v) is 6.89. The summed E-state index contributed by atoms with van der Waals surface area (Å²) in [4.78, 5) is 0. The summed E-state index contributed by atoms with van der Waals surface area (Å²) in [6, 6.07) is 0. The van der Waals surface area contributed by atoms with Crippen LogP contribution in [0.2, 0.25) is 0 Å². The van der Waals surface area contributed by atoms with Crippen LogP contribution < -0.4 is 0 Å². The van der Waals surface area contributed by atoms with Crippen molar-refractivity contribution in [2.45, 2.75) is 12.8 Å². The molecule has 0 aromatic carbocycles. The summed E-state index contributed by atoms with van der Waals surface area (Å²) in [7, 11) is -2.80. The van der Waals surface area contributed by atoms with Crippen molar-refractivity contribution < 1.29 is 13.2 Å². The minimum atomic E-state index is -2.80. The highest BCUT2D eigenvalue weighted by atomic mass is 35.5. The molecular weight excluding hydrogens is 224 g/mol. The third-order valence-corrected chi connectivity index (χ3v) is 5.80. The van der Waals surface area contributed by atoms with Gasteiger partial charge in [-0.25, -0.2) is 8.42 Å². The lowest BCUT2D eigenvalue weighted by Crippen LogP contribution is -2.33. The van der Waals surface area contributed by atoms with Crippen molar-refractivity contribution in [3.05, 3.63) is 0 Å². The fourth-order valence-electron chi connectivity index (χ4n) is 2.44. The predicted octanol–water partition coefficient (Wildman–Crippen LogP) is 1.07. The van der Waals surface area contributed by atoms with Gasteiger partial charge >= 0.3 is 0 Å². The number of halogens is 1. The van der Waals surface area contributed by atoms with Crippen LogP contribution >= 0.6 is 11.6 Å². The minimum Gasteiger partial charge on any atom is -0.381 e. The summed E-state index contributed by atoms with van der Waals surface area (Å²) in [5, 5.41) is 0. The molecule has 0 amide bonds. The summed E-state index contributed by atoms with van der Waals surface area (Å²) < 4.78 is 28.1. The number of hydrogen-bond donors (Lipinski definition) is 0. The first-order valence-corrected chi connectivity index (χ1v) is 7.28. The van der Waals surface area contributed by atoms with E-state index in [2.05, 4.69) is 0 Å². The van der Waals surface area contributed by atoms with Gasteiger partial charge in [0.05, 0.1) is 18.1 Å². The molecule has 0 aromatic heterocycles. The topological polar surface area (TPSA) is 43.4 Å². The van der Waals surface area contributed by atoms with E-state index in [0.717, 1.165) is 19.4 Å². The molecule has 2 saturated heterocycles. The van der Waals surface area contributed by atoms with E-state index < -0.39 is 9.84 Å². The number of ether oxygens (including phenoxy) is 1. The first-order chi connectivity index (χ1) is 6.58. The molecule has 3 nitrogen and oxygen atoms in total. The highest BCUT2D eigenvalue weighted by molar-refractivity contribution is 7.91. The Labute approximate surface area is 89.7 Å². The fraction of sp³-hybridized carbons (Fsp3) is 1.00. The predicted molar refractivity (Wildman–Crippen MR) is 55.3 cm³/mol. The molecule has 2 unspecified atom stereocenters. The van der Waals surface area contributed by atoms with Gasteiger partial charge in [0.15, 0.2) is 9.84 Å². The number of sulfone groups is 1. The maximum atomic E-state index is 11.4. The Morgan fingerprint density at radius 1 is 1.50 bits per heavy atom. The van der Waals surface area contributed by atoms with Gasteiger partial charge < -0.3 is 4.74 Å². The lowest BCUT2D eigenvalue weighted by atomic mass is 9.76. The standard InChI is InChI=1S/C9H15ClO3S/c10-6-9(2-3-13-7-9)8-1-4-14(11,12)5-8/h8H,1-7H2. The van der Waals surface area contributed by atoms with E-state index >= 15 is 0 Å². The lowest BCUT2D eigenvalue weighted by Gasteiger charge is -2.30. The van der Waals surface area contributed by atoms with Gasteiger partial charge in [0.1, 0.15) is 0 Å². The molecule has 0 N–H and O–H groups in total. The maximum absolute atomic E-state index is 11.4. The zero-order valence-electron chi connectivity index (χ0n) is 8.04. The molecule has 0 bridgehead atoms. The molecule has 0 aromatic rings. The van der Waals surface area contributed by atoms with Crippen LogP contribution in [0.15, 0.2) is 0 Å². The van der Waals surface area contributed by atoms with Crippen LogP contribution in [0.3, 0.4) is 0 Å². The average molecular weight is 239 g/mol. The third-order valence-electron chi connectivity index (χ3n) is 3.50. The molecule has 2 aliphatic heterocycles. The second kappa shape index (κ2) is 3.65. The Morgan fingerprint density at radius 3 is 2.71 bits per heavy atom. The van der Waals surface area contributed by atoms with Gasteiger partial charge in [-0.05, 0) is 18.8 Å². The highest BCUT2D eigenvalue weighted by Crippen LogP contribution is 2.43. The van der Waals surface area contributed by atoms with Gasteiger partial charge in [0.2, 0.25) is 0 Å². The van der Waals surface area contributed by atoms with E-state index in [-0.39, 0.29) is 11.3 Å². The molecule has 2 heterocycles. The molecule has 2 atom stereocenters. The van der Waals surface area contributed by atoms with Gasteiger partial charge in [-0.2, -0.15) is 0 Å². The monoisotopic (exact) mass is 238 g/mol.